The molecule has 1 aliphatic heterocycles. The second kappa shape index (κ2) is 2.12. The zero-order valence-corrected chi connectivity index (χ0v) is 5.27. The molecule has 1 rings (SSSR count). The fourth-order valence-corrected chi connectivity index (χ4v) is 2.20. The predicted molar refractivity (Wildman–Crippen MR) is 34.7 cm³/mol. The van der Waals surface area contributed by atoms with Gasteiger partial charge in [-0.3, -0.25) is 0 Å². The fourth-order valence-electron chi connectivity index (χ4n) is 0.522. The minimum Gasteiger partial charge on any atom is -0.175 e. The number of thiol groups is 1. The van der Waals surface area contributed by atoms with E-state index in [1.165, 1.54) is 17.9 Å². The molecule has 0 nitrogen and oxygen atoms in total. The van der Waals surface area contributed by atoms with Gasteiger partial charge in [0.2, 0.25) is 0 Å². The van der Waals surface area contributed by atoms with Crippen molar-refractivity contribution in [1.29, 1.82) is 0 Å². The van der Waals surface area contributed by atoms with Crippen LogP contribution in [0.25, 0.3) is 0 Å². The first kappa shape index (κ1) is 4.85. The Kier molecular flexibility index (Phi) is 1.72. The minimum atomic E-state index is 0.704. The lowest BCUT2D eigenvalue weighted by molar-refractivity contribution is 0.978. The summed E-state index contributed by atoms with van der Waals surface area (Å²) in [5.41, 5.74) is 0. The topological polar surface area (TPSA) is 0 Å². The van der Waals surface area contributed by atoms with Gasteiger partial charge in [-0.25, -0.2) is 0 Å². The Bertz CT molecular complexity index is 38.8. The van der Waals surface area contributed by atoms with Crippen LogP contribution >= 0.6 is 24.4 Å². The van der Waals surface area contributed by atoms with Crippen LogP contribution in [0.15, 0.2) is 0 Å². The van der Waals surface area contributed by atoms with Crippen LogP contribution in [0.1, 0.15) is 6.42 Å². The summed E-state index contributed by atoms with van der Waals surface area (Å²) in [5.74, 6) is 2.59. The van der Waals surface area contributed by atoms with E-state index < -0.39 is 0 Å². The van der Waals surface area contributed by atoms with Crippen molar-refractivity contribution in [3.63, 3.8) is 0 Å². The van der Waals surface area contributed by atoms with Gasteiger partial charge in [-0.2, -0.15) is 24.4 Å². The highest BCUT2D eigenvalue weighted by atomic mass is 32.2. The van der Waals surface area contributed by atoms with Crippen LogP contribution in [0.4, 0.5) is 0 Å². The summed E-state index contributed by atoms with van der Waals surface area (Å²) in [6.45, 7) is 0. The molecule has 0 N–H and O–H groups in total. The smallest absolute Gasteiger partial charge is 0.0115 e. The molecule has 0 bridgehead atoms. The molecule has 0 aromatic carbocycles. The summed E-state index contributed by atoms with van der Waals surface area (Å²) in [4.78, 5) is 0. The summed E-state index contributed by atoms with van der Waals surface area (Å²) in [7, 11) is 0. The van der Waals surface area contributed by atoms with E-state index in [2.05, 4.69) is 12.6 Å². The van der Waals surface area contributed by atoms with Gasteiger partial charge < -0.3 is 0 Å². The molecule has 0 spiro atoms. The molecule has 1 saturated heterocycles. The van der Waals surface area contributed by atoms with Crippen molar-refractivity contribution in [2.75, 3.05) is 11.5 Å². The Balaban J connectivity index is 2.18. The molecule has 1 aliphatic rings. The van der Waals surface area contributed by atoms with E-state index in [4.69, 9.17) is 0 Å². The van der Waals surface area contributed by atoms with Crippen LogP contribution in [-0.2, 0) is 0 Å². The third-order valence-corrected chi connectivity index (χ3v) is 2.76. The Morgan fingerprint density at radius 1 is 1.67 bits per heavy atom. The molecule has 36 valence electrons. The third-order valence-electron chi connectivity index (χ3n) is 0.906. The lowest BCUT2D eigenvalue weighted by Crippen LogP contribution is -1.90. The molecule has 0 aromatic rings. The number of hydrogen-bond donors (Lipinski definition) is 1. The number of thioether (sulfide) groups is 1. The average Bonchev–Trinajstić information content (AvgIpc) is 1.86. The van der Waals surface area contributed by atoms with Crippen LogP contribution in [0.5, 0.6) is 0 Å². The Morgan fingerprint density at radius 2 is 2.50 bits per heavy atom. The second-order valence-electron chi connectivity index (χ2n) is 1.52. The van der Waals surface area contributed by atoms with Gasteiger partial charge >= 0.3 is 0 Å². The van der Waals surface area contributed by atoms with Gasteiger partial charge in [0.05, 0.1) is 0 Å². The highest BCUT2D eigenvalue weighted by Crippen LogP contribution is 2.20. The molecule has 0 saturated carbocycles. The maximum absolute atomic E-state index is 4.27. The fraction of sp³-hybridized carbons (Fsp3) is 1.00. The monoisotopic (exact) mass is 120 g/mol. The summed E-state index contributed by atoms with van der Waals surface area (Å²) in [6.07, 6.45) is 1.31. The molecule has 0 amide bonds. The van der Waals surface area contributed by atoms with E-state index in [9.17, 15) is 0 Å². The van der Waals surface area contributed by atoms with Gasteiger partial charge in [0, 0.05) is 11.0 Å². The number of hydrogen-bond acceptors (Lipinski definition) is 2. The largest absolute Gasteiger partial charge is 0.175 e. The Morgan fingerprint density at radius 3 is 2.67 bits per heavy atom. The highest BCUT2D eigenvalue weighted by molar-refractivity contribution is 8.00. The zero-order chi connectivity index (χ0) is 4.41. The lowest BCUT2D eigenvalue weighted by atomic mass is 10.4. The first-order valence-corrected chi connectivity index (χ1v) is 3.82. The van der Waals surface area contributed by atoms with E-state index in [0.29, 0.717) is 5.25 Å². The van der Waals surface area contributed by atoms with E-state index in [1.54, 1.807) is 0 Å². The van der Waals surface area contributed by atoms with Gasteiger partial charge in [0.15, 0.2) is 0 Å². The van der Waals surface area contributed by atoms with Crippen molar-refractivity contribution in [2.24, 2.45) is 0 Å². The molecule has 1 heterocycles. The van der Waals surface area contributed by atoms with Crippen LogP contribution in [-0.4, -0.2) is 16.8 Å². The maximum atomic E-state index is 4.27. The summed E-state index contributed by atoms with van der Waals surface area (Å²) in [6, 6.07) is 0. The zero-order valence-electron chi connectivity index (χ0n) is 3.55. The highest BCUT2D eigenvalue weighted by Gasteiger charge is 2.08. The molecule has 1 fully saturated rings. The molecular weight excluding hydrogens is 112 g/mol. The van der Waals surface area contributed by atoms with Gasteiger partial charge in [0.25, 0.3) is 0 Å². The molecular formula is C4H8S2. The second-order valence-corrected chi connectivity index (χ2v) is 3.40. The van der Waals surface area contributed by atoms with E-state index in [-0.39, 0.29) is 0 Å². The molecule has 0 aliphatic carbocycles. The lowest BCUT2D eigenvalue weighted by Gasteiger charge is -1.89. The molecule has 6 heavy (non-hydrogen) atoms. The van der Waals surface area contributed by atoms with E-state index in [1.807, 2.05) is 11.8 Å². The van der Waals surface area contributed by atoms with Crippen molar-refractivity contribution in [3.8, 4) is 0 Å². The van der Waals surface area contributed by atoms with Crippen LogP contribution in [0.3, 0.4) is 0 Å². The van der Waals surface area contributed by atoms with E-state index >= 15 is 0 Å². The van der Waals surface area contributed by atoms with Crippen molar-refractivity contribution in [2.45, 2.75) is 11.7 Å². The van der Waals surface area contributed by atoms with Crippen molar-refractivity contribution in [3.05, 3.63) is 0 Å². The Hall–Kier alpha value is 0.700. The molecule has 2 heteroatoms. The Labute approximate surface area is 48.1 Å². The first-order chi connectivity index (χ1) is 2.89. The first-order valence-electron chi connectivity index (χ1n) is 2.15. The van der Waals surface area contributed by atoms with Gasteiger partial charge in [-0.15, -0.1) is 0 Å². The maximum Gasteiger partial charge on any atom is 0.0115 e. The van der Waals surface area contributed by atoms with Crippen LogP contribution in [0, 0.1) is 0 Å². The molecule has 0 unspecified atom stereocenters. The SMILES string of the molecule is S[C@H]1CCSC1. The molecule has 0 aromatic heterocycles. The summed E-state index contributed by atoms with van der Waals surface area (Å²) < 4.78 is 0. The quantitative estimate of drug-likeness (QED) is 0.472. The third kappa shape index (κ3) is 1.09. The normalized spacial score (nSPS) is 34.5. The van der Waals surface area contributed by atoms with Crippen molar-refractivity contribution < 1.29 is 0 Å². The van der Waals surface area contributed by atoms with Crippen molar-refractivity contribution in [1.82, 2.24) is 0 Å². The van der Waals surface area contributed by atoms with Gasteiger partial charge in [-0.05, 0) is 12.2 Å². The summed E-state index contributed by atoms with van der Waals surface area (Å²) >= 11 is 6.28. The number of rotatable bonds is 0. The molecule has 1 atom stereocenters. The standard InChI is InChI=1S/C4H8S2/c5-4-1-2-6-3-4/h4-5H,1-3H2/t4-/m0/s1. The van der Waals surface area contributed by atoms with Crippen LogP contribution < -0.4 is 0 Å². The predicted octanol–water partition coefficient (Wildman–Crippen LogP) is 1.42. The van der Waals surface area contributed by atoms with Crippen molar-refractivity contribution >= 4 is 24.4 Å². The minimum absolute atomic E-state index is 0.704. The van der Waals surface area contributed by atoms with Gasteiger partial charge in [0.1, 0.15) is 0 Å². The average molecular weight is 120 g/mol. The molecule has 0 radical (unpaired) electrons. The van der Waals surface area contributed by atoms with Crippen LogP contribution in [0.2, 0.25) is 0 Å². The summed E-state index contributed by atoms with van der Waals surface area (Å²) in [5, 5.41) is 0.704. The van der Waals surface area contributed by atoms with E-state index in [0.717, 1.165) is 0 Å². The van der Waals surface area contributed by atoms with Gasteiger partial charge in [-0.1, -0.05) is 0 Å².